The van der Waals surface area contributed by atoms with Crippen LogP contribution < -0.4 is 0 Å². The van der Waals surface area contributed by atoms with Crippen LogP contribution in [0.15, 0.2) is 5.16 Å². The third kappa shape index (κ3) is 4.02. The number of carboxylic acid groups (broad SMARTS) is 1. The van der Waals surface area contributed by atoms with Crippen LogP contribution in [0, 0.1) is 25.7 Å². The largest absolute Gasteiger partial charge is 0.481 e. The summed E-state index contributed by atoms with van der Waals surface area (Å²) in [5.74, 6) is -1.26. The van der Waals surface area contributed by atoms with E-state index in [0.29, 0.717) is 25.9 Å². The molecule has 1 aromatic rings. The van der Waals surface area contributed by atoms with Crippen LogP contribution in [-0.4, -0.2) is 51.2 Å². The van der Waals surface area contributed by atoms with E-state index in [1.165, 1.54) is 11.8 Å². The first kappa shape index (κ1) is 17.7. The Morgan fingerprint density at radius 1 is 1.26 bits per heavy atom. The molecule has 1 amide bonds. The first-order chi connectivity index (χ1) is 10.8. The van der Waals surface area contributed by atoms with Crippen LogP contribution in [0.25, 0.3) is 0 Å². The van der Waals surface area contributed by atoms with E-state index in [-0.39, 0.29) is 11.8 Å². The molecule has 1 saturated heterocycles. The number of carbonyl (C=O) groups excluding carboxylic acids is 1. The van der Waals surface area contributed by atoms with Gasteiger partial charge in [0.1, 0.15) is 0 Å². The number of aryl methyl sites for hydroxylation is 2. The topological polar surface area (TPSA) is 83.4 Å². The lowest BCUT2D eigenvalue weighted by atomic mass is 9.99. The number of likely N-dealkylation sites (tertiary alicyclic amines) is 1. The molecule has 0 spiro atoms. The molecular weight excluding hydrogens is 314 g/mol. The van der Waals surface area contributed by atoms with Crippen molar-refractivity contribution in [3.05, 3.63) is 17.0 Å². The summed E-state index contributed by atoms with van der Waals surface area (Å²) in [6.45, 7) is 6.60. The molecular formula is C16H23N3O3S. The number of thioether (sulfide) groups is 1. The van der Waals surface area contributed by atoms with E-state index in [0.717, 1.165) is 22.1 Å². The lowest BCUT2D eigenvalue weighted by Gasteiger charge is -2.16. The van der Waals surface area contributed by atoms with Gasteiger partial charge < -0.3 is 10.0 Å². The lowest BCUT2D eigenvalue weighted by molar-refractivity contribution is -0.142. The molecule has 0 aliphatic carbocycles. The summed E-state index contributed by atoms with van der Waals surface area (Å²) < 4.78 is 0. The second kappa shape index (κ2) is 7.29. The number of aliphatic carboxylic acids is 1. The predicted octanol–water partition coefficient (Wildman–Crippen LogP) is 1.93. The van der Waals surface area contributed by atoms with Crippen molar-refractivity contribution >= 4 is 23.6 Å². The number of carboxylic acids is 1. The third-order valence-electron chi connectivity index (χ3n) is 4.45. The van der Waals surface area contributed by atoms with E-state index < -0.39 is 11.9 Å². The quantitative estimate of drug-likeness (QED) is 0.653. The van der Waals surface area contributed by atoms with Crippen LogP contribution in [0.5, 0.6) is 0 Å². The van der Waals surface area contributed by atoms with Crippen LogP contribution in [0.2, 0.25) is 0 Å². The molecule has 0 bridgehead atoms. The maximum Gasteiger partial charge on any atom is 0.308 e. The molecule has 1 fully saturated rings. The summed E-state index contributed by atoms with van der Waals surface area (Å²) >= 11 is 1.50. The van der Waals surface area contributed by atoms with Crippen LogP contribution in [0.4, 0.5) is 0 Å². The van der Waals surface area contributed by atoms with Crippen LogP contribution >= 0.6 is 11.8 Å². The summed E-state index contributed by atoms with van der Waals surface area (Å²) in [6.07, 6.45) is 2.89. The molecule has 6 nitrogen and oxygen atoms in total. The first-order valence-electron chi connectivity index (χ1n) is 7.72. The van der Waals surface area contributed by atoms with Crippen molar-refractivity contribution in [2.45, 2.75) is 38.8 Å². The Morgan fingerprint density at radius 2 is 1.87 bits per heavy atom. The Hall–Kier alpha value is -1.63. The summed E-state index contributed by atoms with van der Waals surface area (Å²) in [4.78, 5) is 34.0. The number of carbonyl (C=O) groups is 2. The first-order valence-corrected chi connectivity index (χ1v) is 8.94. The highest BCUT2D eigenvalue weighted by Gasteiger charge is 2.36. The minimum Gasteiger partial charge on any atom is -0.481 e. The van der Waals surface area contributed by atoms with Crippen molar-refractivity contribution in [3.8, 4) is 0 Å². The fraction of sp³-hybridized carbons (Fsp3) is 0.625. The van der Waals surface area contributed by atoms with E-state index >= 15 is 0 Å². The number of aromatic nitrogens is 2. The van der Waals surface area contributed by atoms with Gasteiger partial charge in [0, 0.05) is 30.9 Å². The van der Waals surface area contributed by atoms with Crippen molar-refractivity contribution in [1.82, 2.24) is 14.9 Å². The van der Waals surface area contributed by atoms with Gasteiger partial charge in [0.2, 0.25) is 5.91 Å². The molecule has 0 saturated carbocycles. The summed E-state index contributed by atoms with van der Waals surface area (Å²) in [6, 6.07) is 0. The van der Waals surface area contributed by atoms with Gasteiger partial charge in [-0.05, 0) is 38.0 Å². The monoisotopic (exact) mass is 337 g/mol. The highest BCUT2D eigenvalue weighted by atomic mass is 32.2. The van der Waals surface area contributed by atoms with Crippen LogP contribution in [0.3, 0.4) is 0 Å². The maximum absolute atomic E-state index is 12.4. The Labute approximate surface area is 140 Å². The number of hydrogen-bond acceptors (Lipinski definition) is 5. The average Bonchev–Trinajstić information content (AvgIpc) is 2.88. The molecule has 23 heavy (non-hydrogen) atoms. The Bertz CT molecular complexity index is 598. The summed E-state index contributed by atoms with van der Waals surface area (Å²) in [5, 5.41) is 9.90. The molecule has 7 heteroatoms. The number of rotatable bonds is 5. The average molecular weight is 337 g/mol. The zero-order valence-corrected chi connectivity index (χ0v) is 14.8. The van der Waals surface area contributed by atoms with E-state index in [4.69, 9.17) is 5.11 Å². The Balaban J connectivity index is 1.99. The minimum atomic E-state index is -0.819. The van der Waals surface area contributed by atoms with Crippen LogP contribution in [-0.2, 0) is 16.0 Å². The van der Waals surface area contributed by atoms with Gasteiger partial charge in [0.05, 0.1) is 5.92 Å². The van der Waals surface area contributed by atoms with Gasteiger partial charge in [-0.1, -0.05) is 18.7 Å². The van der Waals surface area contributed by atoms with Gasteiger partial charge in [-0.2, -0.15) is 0 Å². The second-order valence-corrected chi connectivity index (χ2v) is 6.85. The van der Waals surface area contributed by atoms with Crippen molar-refractivity contribution in [3.63, 3.8) is 0 Å². The molecule has 0 unspecified atom stereocenters. The fourth-order valence-electron chi connectivity index (χ4n) is 3.04. The summed E-state index contributed by atoms with van der Waals surface area (Å²) in [7, 11) is 0. The zero-order valence-electron chi connectivity index (χ0n) is 14.0. The minimum absolute atomic E-state index is 0.00381. The molecule has 0 aromatic carbocycles. The zero-order chi connectivity index (χ0) is 17.1. The highest BCUT2D eigenvalue weighted by molar-refractivity contribution is 7.98. The van der Waals surface area contributed by atoms with E-state index in [1.807, 2.05) is 27.0 Å². The van der Waals surface area contributed by atoms with Gasteiger partial charge in [0.25, 0.3) is 0 Å². The molecule has 1 N–H and O–H groups in total. The van der Waals surface area contributed by atoms with E-state index in [9.17, 15) is 9.59 Å². The molecule has 1 aliphatic heterocycles. The van der Waals surface area contributed by atoms with E-state index in [2.05, 4.69) is 9.97 Å². The molecule has 126 valence electrons. The number of amides is 1. The van der Waals surface area contributed by atoms with Gasteiger partial charge >= 0.3 is 5.97 Å². The smallest absolute Gasteiger partial charge is 0.308 e. The highest BCUT2D eigenvalue weighted by Crippen LogP contribution is 2.24. The number of hydrogen-bond donors (Lipinski definition) is 1. The normalized spacial score (nSPS) is 20.8. The predicted molar refractivity (Wildman–Crippen MR) is 88.5 cm³/mol. The van der Waals surface area contributed by atoms with Crippen molar-refractivity contribution in [2.75, 3.05) is 19.3 Å². The second-order valence-electron chi connectivity index (χ2n) is 6.08. The summed E-state index contributed by atoms with van der Waals surface area (Å²) in [5.41, 5.74) is 2.83. The van der Waals surface area contributed by atoms with Gasteiger partial charge in [-0.3, -0.25) is 9.59 Å². The van der Waals surface area contributed by atoms with Crippen molar-refractivity contribution < 1.29 is 14.7 Å². The lowest BCUT2D eigenvalue weighted by Crippen LogP contribution is -2.30. The SMILES string of the molecule is CSc1nc(C)c(CCC(=O)N2C[C@@H](C)[C@H](C(=O)O)C2)c(C)n1. The Morgan fingerprint density at radius 3 is 2.35 bits per heavy atom. The van der Waals surface area contributed by atoms with Crippen molar-refractivity contribution in [1.29, 1.82) is 0 Å². The standard InChI is InChI=1S/C16H23N3O3S/c1-9-7-19(8-13(9)15(21)22)14(20)6-5-12-10(2)17-16(23-4)18-11(12)3/h9,13H,5-8H2,1-4H3,(H,21,22)/t9-,13-/m1/s1. The van der Waals surface area contributed by atoms with E-state index in [1.54, 1.807) is 4.90 Å². The molecule has 2 rings (SSSR count). The number of nitrogens with zero attached hydrogens (tertiary/aromatic N) is 3. The molecule has 1 aromatic heterocycles. The van der Waals surface area contributed by atoms with Gasteiger partial charge in [-0.15, -0.1) is 0 Å². The van der Waals surface area contributed by atoms with Gasteiger partial charge in [0.15, 0.2) is 5.16 Å². The molecule has 0 radical (unpaired) electrons. The Kier molecular flexibility index (Phi) is 5.62. The van der Waals surface area contributed by atoms with Crippen molar-refractivity contribution in [2.24, 2.45) is 11.8 Å². The third-order valence-corrected chi connectivity index (χ3v) is 5.00. The van der Waals surface area contributed by atoms with Crippen LogP contribution in [0.1, 0.15) is 30.3 Å². The fourth-order valence-corrected chi connectivity index (χ4v) is 3.50. The van der Waals surface area contributed by atoms with Gasteiger partial charge in [-0.25, -0.2) is 9.97 Å². The maximum atomic E-state index is 12.4. The molecule has 2 atom stereocenters. The molecule has 1 aliphatic rings. The molecule has 2 heterocycles.